The van der Waals surface area contributed by atoms with Gasteiger partial charge in [-0.1, -0.05) is 6.07 Å². The molecule has 0 unspecified atom stereocenters. The maximum atomic E-state index is 13.2. The number of nitrogens with zero attached hydrogens (tertiary/aromatic N) is 3. The Morgan fingerprint density at radius 1 is 1.22 bits per heavy atom. The number of pyridine rings is 2. The van der Waals surface area contributed by atoms with Crippen LogP contribution >= 0.6 is 0 Å². The van der Waals surface area contributed by atoms with Gasteiger partial charge in [0, 0.05) is 25.4 Å². The number of hydrogen-bond acceptors (Lipinski definition) is 4. The van der Waals surface area contributed by atoms with Crippen LogP contribution in [0.5, 0.6) is 5.88 Å². The molecule has 0 aliphatic carbocycles. The van der Waals surface area contributed by atoms with Crippen molar-refractivity contribution < 1.29 is 27.1 Å². The highest BCUT2D eigenvalue weighted by molar-refractivity contribution is 5.93. The molecule has 144 valence electrons. The van der Waals surface area contributed by atoms with E-state index in [1.165, 1.54) is 18.3 Å². The fourth-order valence-corrected chi connectivity index (χ4v) is 2.87. The summed E-state index contributed by atoms with van der Waals surface area (Å²) in [7, 11) is 0. The average Bonchev–Trinajstić information content (AvgIpc) is 2.66. The van der Waals surface area contributed by atoms with Gasteiger partial charge in [0.1, 0.15) is 11.5 Å². The summed E-state index contributed by atoms with van der Waals surface area (Å²) in [6.45, 7) is 1.14. The second-order valence-corrected chi connectivity index (χ2v) is 6.30. The molecule has 3 heterocycles. The largest absolute Gasteiger partial charge is 0.477 e. The zero-order valence-electron chi connectivity index (χ0n) is 14.2. The van der Waals surface area contributed by atoms with Crippen LogP contribution in [0.15, 0.2) is 36.7 Å². The van der Waals surface area contributed by atoms with Crippen molar-refractivity contribution in [3.63, 3.8) is 0 Å². The topological polar surface area (TPSA) is 55.3 Å². The van der Waals surface area contributed by atoms with Gasteiger partial charge in [0.15, 0.2) is 0 Å². The molecule has 9 heteroatoms. The maximum absolute atomic E-state index is 13.2. The third kappa shape index (κ3) is 4.93. The van der Waals surface area contributed by atoms with Crippen LogP contribution in [0.2, 0.25) is 0 Å². The molecule has 0 bridgehead atoms. The molecule has 27 heavy (non-hydrogen) atoms. The van der Waals surface area contributed by atoms with E-state index in [1.54, 1.807) is 4.90 Å². The second-order valence-electron chi connectivity index (χ2n) is 6.30. The number of alkyl halides is 3. The smallest absolute Gasteiger partial charge is 0.433 e. The van der Waals surface area contributed by atoms with Crippen molar-refractivity contribution in [3.8, 4) is 5.88 Å². The number of amides is 1. The molecule has 2 aromatic rings. The summed E-state index contributed by atoms with van der Waals surface area (Å²) in [5, 5.41) is 0. The first-order valence-corrected chi connectivity index (χ1v) is 8.40. The Labute approximate surface area is 153 Å². The fourth-order valence-electron chi connectivity index (χ4n) is 2.87. The molecule has 0 saturated carbocycles. The van der Waals surface area contributed by atoms with Crippen molar-refractivity contribution in [1.82, 2.24) is 14.9 Å². The summed E-state index contributed by atoms with van der Waals surface area (Å²) in [5.74, 6) is -0.844. The summed E-state index contributed by atoms with van der Waals surface area (Å²) in [6, 6.07) is 4.66. The molecule has 3 rings (SSSR count). The zero-order valence-corrected chi connectivity index (χ0v) is 14.2. The van der Waals surface area contributed by atoms with Gasteiger partial charge in [-0.15, -0.1) is 0 Å². The van der Waals surface area contributed by atoms with Crippen molar-refractivity contribution in [2.45, 2.75) is 19.0 Å². The molecule has 5 nitrogen and oxygen atoms in total. The van der Waals surface area contributed by atoms with Crippen LogP contribution < -0.4 is 4.74 Å². The Kier molecular flexibility index (Phi) is 5.57. The molecule has 1 fully saturated rings. The van der Waals surface area contributed by atoms with Gasteiger partial charge in [-0.05, 0) is 30.9 Å². The highest BCUT2D eigenvalue weighted by atomic mass is 19.4. The van der Waals surface area contributed by atoms with E-state index < -0.39 is 17.7 Å². The third-order valence-electron chi connectivity index (χ3n) is 4.33. The Balaban J connectivity index is 1.51. The predicted molar refractivity (Wildman–Crippen MR) is 87.6 cm³/mol. The molecule has 0 radical (unpaired) electrons. The van der Waals surface area contributed by atoms with Crippen LogP contribution in [-0.2, 0) is 6.18 Å². The van der Waals surface area contributed by atoms with Crippen molar-refractivity contribution in [2.24, 2.45) is 5.92 Å². The van der Waals surface area contributed by atoms with Crippen LogP contribution in [0, 0.1) is 11.7 Å². The lowest BCUT2D eigenvalue weighted by Gasteiger charge is -2.31. The minimum absolute atomic E-state index is 0.0748. The van der Waals surface area contributed by atoms with Gasteiger partial charge in [0.25, 0.3) is 5.91 Å². The van der Waals surface area contributed by atoms with Crippen LogP contribution in [0.1, 0.15) is 28.9 Å². The van der Waals surface area contributed by atoms with E-state index in [0.717, 1.165) is 18.3 Å². The molecule has 0 spiro atoms. The predicted octanol–water partition coefficient (Wildman–Crippen LogP) is 3.57. The first-order valence-electron chi connectivity index (χ1n) is 8.40. The van der Waals surface area contributed by atoms with Gasteiger partial charge in [-0.3, -0.25) is 9.78 Å². The number of aromatic nitrogens is 2. The third-order valence-corrected chi connectivity index (χ3v) is 4.33. The highest BCUT2D eigenvalue weighted by Crippen LogP contribution is 2.29. The maximum Gasteiger partial charge on any atom is 0.433 e. The quantitative estimate of drug-likeness (QED) is 0.758. The number of ether oxygens (including phenoxy) is 1. The molecule has 0 N–H and O–H groups in total. The lowest BCUT2D eigenvalue weighted by Crippen LogP contribution is -2.39. The van der Waals surface area contributed by atoms with Crippen LogP contribution in [-0.4, -0.2) is 40.5 Å². The first kappa shape index (κ1) is 19.1. The fraction of sp³-hybridized carbons (Fsp3) is 0.389. The van der Waals surface area contributed by atoms with E-state index in [9.17, 15) is 22.4 Å². The molecular weight excluding hydrogens is 366 g/mol. The zero-order chi connectivity index (χ0) is 19.4. The van der Waals surface area contributed by atoms with E-state index in [-0.39, 0.29) is 29.9 Å². The summed E-state index contributed by atoms with van der Waals surface area (Å²) in [4.78, 5) is 21.1. The molecule has 0 aromatic carbocycles. The van der Waals surface area contributed by atoms with Crippen molar-refractivity contribution >= 4 is 5.91 Å². The van der Waals surface area contributed by atoms with Crippen LogP contribution in [0.25, 0.3) is 0 Å². The second kappa shape index (κ2) is 7.89. The standard InChI is InChI=1S/C18H17F4N3O2/c19-14-8-13(9-23-10-14)17(26)25-6-4-12(5-7-25)11-27-16-3-1-2-15(24-16)18(20,21)22/h1-3,8-10,12H,4-7,11H2. The SMILES string of the molecule is O=C(c1cncc(F)c1)N1CCC(COc2cccc(C(F)(F)F)n2)CC1. The molecule has 1 aliphatic heterocycles. The summed E-state index contributed by atoms with van der Waals surface area (Å²) in [5.41, 5.74) is -0.804. The Hall–Kier alpha value is -2.71. The van der Waals surface area contributed by atoms with E-state index in [4.69, 9.17) is 4.74 Å². The van der Waals surface area contributed by atoms with E-state index in [0.29, 0.717) is 25.9 Å². The minimum Gasteiger partial charge on any atom is -0.477 e. The minimum atomic E-state index is -4.52. The van der Waals surface area contributed by atoms with Crippen molar-refractivity contribution in [2.75, 3.05) is 19.7 Å². The molecule has 1 amide bonds. The van der Waals surface area contributed by atoms with Crippen molar-refractivity contribution in [3.05, 3.63) is 53.7 Å². The normalized spacial score (nSPS) is 15.6. The summed E-state index contributed by atoms with van der Waals surface area (Å²) in [6.07, 6.45) is -0.903. The Bertz CT molecular complexity index is 805. The van der Waals surface area contributed by atoms with Gasteiger partial charge in [-0.2, -0.15) is 13.2 Å². The van der Waals surface area contributed by atoms with Gasteiger partial charge in [-0.25, -0.2) is 9.37 Å². The van der Waals surface area contributed by atoms with Gasteiger partial charge >= 0.3 is 6.18 Å². The Morgan fingerprint density at radius 2 is 1.96 bits per heavy atom. The van der Waals surface area contributed by atoms with Gasteiger partial charge in [0.2, 0.25) is 5.88 Å². The molecule has 1 aliphatic rings. The molecule has 1 saturated heterocycles. The number of hydrogen-bond donors (Lipinski definition) is 0. The number of carbonyl (C=O) groups is 1. The van der Waals surface area contributed by atoms with E-state index in [2.05, 4.69) is 9.97 Å². The first-order chi connectivity index (χ1) is 12.8. The number of piperidine rings is 1. The lowest BCUT2D eigenvalue weighted by atomic mass is 9.97. The number of rotatable bonds is 4. The molecule has 0 atom stereocenters. The lowest BCUT2D eigenvalue weighted by molar-refractivity contribution is -0.141. The van der Waals surface area contributed by atoms with Gasteiger partial charge < -0.3 is 9.64 Å². The number of halogens is 4. The molecule has 2 aromatic heterocycles. The summed E-state index contributed by atoms with van der Waals surface area (Å²) >= 11 is 0. The van der Waals surface area contributed by atoms with E-state index in [1.807, 2.05) is 0 Å². The molecular formula is C18H17F4N3O2. The monoisotopic (exact) mass is 383 g/mol. The summed E-state index contributed by atoms with van der Waals surface area (Å²) < 4.78 is 56.6. The van der Waals surface area contributed by atoms with Crippen molar-refractivity contribution in [1.29, 1.82) is 0 Å². The average molecular weight is 383 g/mol. The van der Waals surface area contributed by atoms with Crippen LogP contribution in [0.3, 0.4) is 0 Å². The number of likely N-dealkylation sites (tertiary alicyclic amines) is 1. The number of carbonyl (C=O) groups excluding carboxylic acids is 1. The Morgan fingerprint density at radius 3 is 2.63 bits per heavy atom. The van der Waals surface area contributed by atoms with Gasteiger partial charge in [0.05, 0.1) is 18.4 Å². The highest BCUT2D eigenvalue weighted by Gasteiger charge is 2.32. The van der Waals surface area contributed by atoms with Crippen LogP contribution in [0.4, 0.5) is 17.6 Å². The van der Waals surface area contributed by atoms with E-state index >= 15 is 0 Å².